The van der Waals surface area contributed by atoms with Gasteiger partial charge in [0.15, 0.2) is 5.96 Å². The largest absolute Gasteiger partial charge is 0.351 e. The summed E-state index contributed by atoms with van der Waals surface area (Å²) in [7, 11) is 3.84. The summed E-state index contributed by atoms with van der Waals surface area (Å²) in [5.41, 5.74) is 3.50. The third kappa shape index (κ3) is 5.29. The molecule has 4 nitrogen and oxygen atoms in total. The van der Waals surface area contributed by atoms with Crippen LogP contribution in [0.1, 0.15) is 16.8 Å². The summed E-state index contributed by atoms with van der Waals surface area (Å²) in [5, 5.41) is 3.36. The van der Waals surface area contributed by atoms with Gasteiger partial charge >= 0.3 is 0 Å². The fraction of sp³-hybridized carbons (Fsp3) is 0.294. The number of nitrogens with zero attached hydrogens (tertiary/aromatic N) is 3. The van der Waals surface area contributed by atoms with Crippen LogP contribution in [0.3, 0.4) is 0 Å². The van der Waals surface area contributed by atoms with Gasteiger partial charge in [0.05, 0.1) is 12.2 Å². The first-order valence-electron chi connectivity index (χ1n) is 7.07. The molecule has 1 N–H and O–H groups in total. The van der Waals surface area contributed by atoms with Gasteiger partial charge in [-0.05, 0) is 24.1 Å². The second kappa shape index (κ2) is 9.40. The molecule has 0 saturated heterocycles. The Morgan fingerprint density at radius 2 is 1.91 bits per heavy atom. The maximum atomic E-state index is 4.39. The lowest BCUT2D eigenvalue weighted by Crippen LogP contribution is -2.38. The van der Waals surface area contributed by atoms with Crippen LogP contribution in [0.2, 0.25) is 0 Å². The lowest BCUT2D eigenvalue weighted by molar-refractivity contribution is 0.476. The standard InChI is InChI=1S/C17H22N4.HI/c1-14-8-7-11-19-16(14)12-20-17(18-2)21(3)13-15-9-5-4-6-10-15;/h4-11H,12-13H2,1-3H3,(H,18,20);1H. The summed E-state index contributed by atoms with van der Waals surface area (Å²) >= 11 is 0. The third-order valence-electron chi connectivity index (χ3n) is 3.37. The second-order valence-corrected chi connectivity index (χ2v) is 5.01. The fourth-order valence-corrected chi connectivity index (χ4v) is 2.18. The minimum absolute atomic E-state index is 0. The van der Waals surface area contributed by atoms with Gasteiger partial charge in [-0.15, -0.1) is 24.0 Å². The van der Waals surface area contributed by atoms with Crippen molar-refractivity contribution in [3.05, 3.63) is 65.5 Å². The van der Waals surface area contributed by atoms with E-state index in [0.29, 0.717) is 6.54 Å². The zero-order valence-electron chi connectivity index (χ0n) is 13.3. The van der Waals surface area contributed by atoms with Crippen LogP contribution in [0.25, 0.3) is 0 Å². The zero-order chi connectivity index (χ0) is 15.1. The molecular weight excluding hydrogens is 387 g/mol. The highest BCUT2D eigenvalue weighted by molar-refractivity contribution is 14.0. The molecule has 2 aromatic rings. The normalized spacial score (nSPS) is 10.8. The molecule has 0 unspecified atom stereocenters. The molecule has 0 fully saturated rings. The Kier molecular flexibility index (Phi) is 7.87. The molecule has 0 saturated carbocycles. The van der Waals surface area contributed by atoms with E-state index >= 15 is 0 Å². The molecule has 118 valence electrons. The van der Waals surface area contributed by atoms with Crippen molar-refractivity contribution in [2.45, 2.75) is 20.0 Å². The lowest BCUT2D eigenvalue weighted by atomic mass is 10.2. The van der Waals surface area contributed by atoms with Crippen LogP contribution in [0.15, 0.2) is 53.7 Å². The number of benzene rings is 1. The van der Waals surface area contributed by atoms with Crippen molar-refractivity contribution in [3.8, 4) is 0 Å². The van der Waals surface area contributed by atoms with Crippen molar-refractivity contribution in [2.75, 3.05) is 14.1 Å². The van der Waals surface area contributed by atoms with Crippen LogP contribution in [0, 0.1) is 6.92 Å². The third-order valence-corrected chi connectivity index (χ3v) is 3.37. The van der Waals surface area contributed by atoms with Gasteiger partial charge in [0.25, 0.3) is 0 Å². The molecule has 0 aliphatic heterocycles. The number of pyridine rings is 1. The summed E-state index contributed by atoms with van der Waals surface area (Å²) in [6.45, 7) is 3.57. The van der Waals surface area contributed by atoms with E-state index in [1.54, 1.807) is 7.05 Å². The van der Waals surface area contributed by atoms with E-state index in [2.05, 4.69) is 57.4 Å². The predicted molar refractivity (Wildman–Crippen MR) is 102 cm³/mol. The highest BCUT2D eigenvalue weighted by Crippen LogP contribution is 2.05. The Morgan fingerprint density at radius 1 is 1.18 bits per heavy atom. The molecule has 5 heteroatoms. The van der Waals surface area contributed by atoms with Gasteiger partial charge in [-0.2, -0.15) is 0 Å². The summed E-state index contributed by atoms with van der Waals surface area (Å²) in [6, 6.07) is 14.4. The van der Waals surface area contributed by atoms with Crippen molar-refractivity contribution >= 4 is 29.9 Å². The summed E-state index contributed by atoms with van der Waals surface area (Å²) in [5.74, 6) is 0.865. The van der Waals surface area contributed by atoms with E-state index in [9.17, 15) is 0 Å². The molecule has 2 rings (SSSR count). The molecule has 0 aliphatic rings. The van der Waals surface area contributed by atoms with E-state index in [4.69, 9.17) is 0 Å². The Balaban J connectivity index is 0.00000242. The Hall–Kier alpha value is -1.63. The molecule has 1 aromatic carbocycles. The monoisotopic (exact) mass is 410 g/mol. The topological polar surface area (TPSA) is 40.5 Å². The first kappa shape index (κ1) is 18.4. The molecular formula is C17H23IN4. The van der Waals surface area contributed by atoms with Gasteiger partial charge in [0.1, 0.15) is 0 Å². The number of nitrogens with one attached hydrogen (secondary N) is 1. The Bertz CT molecular complexity index is 599. The molecule has 0 atom stereocenters. The van der Waals surface area contributed by atoms with E-state index in [1.807, 2.05) is 25.4 Å². The molecule has 1 aromatic heterocycles. The van der Waals surface area contributed by atoms with Crippen molar-refractivity contribution in [3.63, 3.8) is 0 Å². The number of hydrogen-bond donors (Lipinski definition) is 1. The van der Waals surface area contributed by atoms with E-state index < -0.39 is 0 Å². The zero-order valence-corrected chi connectivity index (χ0v) is 15.6. The van der Waals surface area contributed by atoms with Crippen LogP contribution < -0.4 is 5.32 Å². The van der Waals surface area contributed by atoms with Crippen molar-refractivity contribution < 1.29 is 0 Å². The number of hydrogen-bond acceptors (Lipinski definition) is 2. The molecule has 22 heavy (non-hydrogen) atoms. The van der Waals surface area contributed by atoms with Crippen LogP contribution >= 0.6 is 24.0 Å². The first-order valence-corrected chi connectivity index (χ1v) is 7.07. The van der Waals surface area contributed by atoms with Gasteiger partial charge < -0.3 is 10.2 Å². The van der Waals surface area contributed by atoms with Gasteiger partial charge in [-0.25, -0.2) is 0 Å². The number of rotatable bonds is 4. The van der Waals surface area contributed by atoms with Crippen LogP contribution in [-0.4, -0.2) is 29.9 Å². The molecule has 0 bridgehead atoms. The van der Waals surface area contributed by atoms with Gasteiger partial charge in [-0.1, -0.05) is 36.4 Å². The average molecular weight is 410 g/mol. The lowest BCUT2D eigenvalue weighted by Gasteiger charge is -2.22. The first-order chi connectivity index (χ1) is 10.2. The van der Waals surface area contributed by atoms with Crippen molar-refractivity contribution in [1.82, 2.24) is 15.2 Å². The minimum atomic E-state index is 0. The maximum Gasteiger partial charge on any atom is 0.194 e. The summed E-state index contributed by atoms with van der Waals surface area (Å²) in [6.07, 6.45) is 1.82. The van der Waals surface area contributed by atoms with Gasteiger partial charge in [-0.3, -0.25) is 9.98 Å². The molecule has 0 amide bonds. The summed E-state index contributed by atoms with van der Waals surface area (Å²) < 4.78 is 0. The van der Waals surface area contributed by atoms with Crippen molar-refractivity contribution in [1.29, 1.82) is 0 Å². The molecule has 1 heterocycles. The Morgan fingerprint density at radius 3 is 2.55 bits per heavy atom. The van der Waals surface area contributed by atoms with Crippen LogP contribution in [0.5, 0.6) is 0 Å². The number of halogens is 1. The molecule has 0 aliphatic carbocycles. The highest BCUT2D eigenvalue weighted by atomic mass is 127. The van der Waals surface area contributed by atoms with E-state index in [-0.39, 0.29) is 24.0 Å². The number of aryl methyl sites for hydroxylation is 1. The van der Waals surface area contributed by atoms with Gasteiger partial charge in [0.2, 0.25) is 0 Å². The smallest absolute Gasteiger partial charge is 0.194 e. The fourth-order valence-electron chi connectivity index (χ4n) is 2.18. The summed E-state index contributed by atoms with van der Waals surface area (Å²) in [4.78, 5) is 10.8. The average Bonchev–Trinajstić information content (AvgIpc) is 2.50. The minimum Gasteiger partial charge on any atom is -0.351 e. The molecule has 0 radical (unpaired) electrons. The Labute approximate surface area is 149 Å². The van der Waals surface area contributed by atoms with E-state index in [1.165, 1.54) is 11.1 Å². The highest BCUT2D eigenvalue weighted by Gasteiger charge is 2.07. The number of aromatic nitrogens is 1. The van der Waals surface area contributed by atoms with Crippen LogP contribution in [0.4, 0.5) is 0 Å². The number of guanidine groups is 1. The molecule has 0 spiro atoms. The van der Waals surface area contributed by atoms with Crippen molar-refractivity contribution in [2.24, 2.45) is 4.99 Å². The quantitative estimate of drug-likeness (QED) is 0.478. The number of aliphatic imine (C=N–C) groups is 1. The maximum absolute atomic E-state index is 4.39. The predicted octanol–water partition coefficient (Wildman–Crippen LogP) is 3.22. The van der Waals surface area contributed by atoms with E-state index in [0.717, 1.165) is 18.2 Å². The second-order valence-electron chi connectivity index (χ2n) is 5.01. The van der Waals surface area contributed by atoms with Crippen LogP contribution in [-0.2, 0) is 13.1 Å². The SMILES string of the molecule is CN=C(NCc1ncccc1C)N(C)Cc1ccccc1.I. The van der Waals surface area contributed by atoms with Gasteiger partial charge in [0, 0.05) is 26.8 Å².